The van der Waals surface area contributed by atoms with E-state index in [1.807, 2.05) is 20.8 Å². The van der Waals surface area contributed by atoms with Crippen LogP contribution in [0.3, 0.4) is 0 Å². The molecule has 0 aromatic rings. The smallest absolute Gasteiger partial charge is 0.304 e. The number of carboxylic acid groups (broad SMARTS) is 1. The molecule has 0 spiro atoms. The second-order valence-electron chi connectivity index (χ2n) is 4.88. The number of aliphatic carboxylic acids is 1. The predicted octanol–water partition coefficient (Wildman–Crippen LogP) is 0.320. The molecule has 0 aromatic heterocycles. The zero-order chi connectivity index (χ0) is 13.0. The van der Waals surface area contributed by atoms with Gasteiger partial charge >= 0.3 is 5.97 Å². The van der Waals surface area contributed by atoms with Crippen LogP contribution in [0.2, 0.25) is 0 Å². The number of rotatable bonds is 6. The van der Waals surface area contributed by atoms with Crippen LogP contribution in [0.25, 0.3) is 0 Å². The molecule has 7 heteroatoms. The molecule has 16 heavy (non-hydrogen) atoms. The van der Waals surface area contributed by atoms with Crippen LogP contribution >= 0.6 is 0 Å². The van der Waals surface area contributed by atoms with Gasteiger partial charge in [-0.15, -0.1) is 0 Å². The number of carbonyl (C=O) groups is 1. The largest absolute Gasteiger partial charge is 0.481 e. The average Bonchev–Trinajstić information content (AvgIpc) is 1.98. The first kappa shape index (κ1) is 15.3. The zero-order valence-corrected chi connectivity index (χ0v) is 10.9. The highest BCUT2D eigenvalue weighted by Crippen LogP contribution is 2.22. The Balaban J connectivity index is 4.63. The molecule has 1 unspecified atom stereocenters. The van der Waals surface area contributed by atoms with Gasteiger partial charge in [-0.05, 0) is 11.8 Å². The van der Waals surface area contributed by atoms with Crippen LogP contribution in [0, 0.1) is 5.41 Å². The minimum Gasteiger partial charge on any atom is -0.481 e. The number of carboxylic acids is 1. The summed E-state index contributed by atoms with van der Waals surface area (Å²) in [5.74, 6) is -1.02. The van der Waals surface area contributed by atoms with Crippen LogP contribution in [0.4, 0.5) is 0 Å². The predicted molar refractivity (Wildman–Crippen MR) is 61.2 cm³/mol. The molecule has 0 saturated heterocycles. The lowest BCUT2D eigenvalue weighted by molar-refractivity contribution is -0.137. The molecule has 3 N–H and O–H groups in total. The monoisotopic (exact) mass is 252 g/mol. The van der Waals surface area contributed by atoms with Crippen molar-refractivity contribution in [2.24, 2.45) is 5.41 Å². The number of hydrogen-bond acceptors (Lipinski definition) is 3. The van der Waals surface area contributed by atoms with Gasteiger partial charge < -0.3 is 5.11 Å². The summed E-state index contributed by atoms with van der Waals surface area (Å²) in [6, 6.07) is -0.602. The van der Waals surface area contributed by atoms with Crippen molar-refractivity contribution in [2.45, 2.75) is 39.7 Å². The summed E-state index contributed by atoms with van der Waals surface area (Å²) < 4.78 is 26.9. The van der Waals surface area contributed by atoms with E-state index in [-0.39, 0.29) is 11.8 Å². The van der Waals surface area contributed by atoms with Gasteiger partial charge in [0.05, 0.1) is 6.42 Å². The van der Waals surface area contributed by atoms with Crippen molar-refractivity contribution in [3.8, 4) is 0 Å². The van der Waals surface area contributed by atoms with Crippen molar-refractivity contribution in [2.75, 3.05) is 7.05 Å². The first-order valence-corrected chi connectivity index (χ1v) is 6.46. The van der Waals surface area contributed by atoms with Gasteiger partial charge in [-0.25, -0.2) is 4.72 Å². The van der Waals surface area contributed by atoms with E-state index in [0.717, 1.165) is 0 Å². The van der Waals surface area contributed by atoms with E-state index in [0.29, 0.717) is 6.42 Å². The molecule has 96 valence electrons. The molecule has 0 amide bonds. The van der Waals surface area contributed by atoms with E-state index in [1.54, 1.807) is 0 Å². The topological polar surface area (TPSA) is 95.5 Å². The van der Waals surface area contributed by atoms with Crippen molar-refractivity contribution < 1.29 is 18.3 Å². The van der Waals surface area contributed by atoms with Gasteiger partial charge in [0.2, 0.25) is 0 Å². The Morgan fingerprint density at radius 3 is 2.19 bits per heavy atom. The van der Waals surface area contributed by atoms with Gasteiger partial charge in [0.25, 0.3) is 10.2 Å². The van der Waals surface area contributed by atoms with E-state index in [1.165, 1.54) is 7.05 Å². The van der Waals surface area contributed by atoms with Crippen molar-refractivity contribution in [1.82, 2.24) is 9.44 Å². The molecule has 0 bridgehead atoms. The van der Waals surface area contributed by atoms with Gasteiger partial charge in [0.1, 0.15) is 0 Å². The summed E-state index contributed by atoms with van der Waals surface area (Å²) >= 11 is 0. The molecule has 0 aromatic carbocycles. The maximum absolute atomic E-state index is 11.3. The highest BCUT2D eigenvalue weighted by molar-refractivity contribution is 7.87. The maximum Gasteiger partial charge on any atom is 0.304 e. The first-order valence-electron chi connectivity index (χ1n) is 4.98. The minimum absolute atomic E-state index is 0.142. The van der Waals surface area contributed by atoms with Gasteiger partial charge in [-0.2, -0.15) is 13.1 Å². The Morgan fingerprint density at radius 1 is 1.38 bits per heavy atom. The minimum atomic E-state index is -3.60. The molecular weight excluding hydrogens is 232 g/mol. The number of hydrogen-bond donors (Lipinski definition) is 3. The summed E-state index contributed by atoms with van der Waals surface area (Å²) in [6.45, 7) is 5.78. The summed E-state index contributed by atoms with van der Waals surface area (Å²) in [4.78, 5) is 10.6. The second kappa shape index (κ2) is 5.60. The molecule has 1 atom stereocenters. The third kappa shape index (κ3) is 7.61. The molecule has 0 radical (unpaired) electrons. The van der Waals surface area contributed by atoms with Crippen molar-refractivity contribution in [3.05, 3.63) is 0 Å². The van der Waals surface area contributed by atoms with Gasteiger partial charge in [-0.3, -0.25) is 4.79 Å². The average molecular weight is 252 g/mol. The maximum atomic E-state index is 11.3. The lowest BCUT2D eigenvalue weighted by Gasteiger charge is -2.25. The fourth-order valence-electron chi connectivity index (χ4n) is 1.38. The van der Waals surface area contributed by atoms with Crippen LogP contribution in [0.5, 0.6) is 0 Å². The summed E-state index contributed by atoms with van der Waals surface area (Å²) in [5, 5.41) is 8.70. The summed E-state index contributed by atoms with van der Waals surface area (Å²) in [6.07, 6.45) is 0.235. The third-order valence-corrected chi connectivity index (χ3v) is 3.05. The molecule has 0 aliphatic carbocycles. The highest BCUT2D eigenvalue weighted by Gasteiger charge is 2.24. The van der Waals surface area contributed by atoms with Gasteiger partial charge in [-0.1, -0.05) is 20.8 Å². The van der Waals surface area contributed by atoms with E-state index in [4.69, 9.17) is 5.11 Å². The van der Waals surface area contributed by atoms with Crippen LogP contribution in [0.1, 0.15) is 33.6 Å². The van der Waals surface area contributed by atoms with E-state index in [2.05, 4.69) is 9.44 Å². The molecule has 0 heterocycles. The van der Waals surface area contributed by atoms with Crippen LogP contribution in [-0.2, 0) is 15.0 Å². The van der Waals surface area contributed by atoms with E-state index < -0.39 is 22.2 Å². The SMILES string of the molecule is CNS(=O)(=O)NC(CC(=O)O)CC(C)(C)C. The lowest BCUT2D eigenvalue weighted by Crippen LogP contribution is -2.43. The molecule has 0 aliphatic rings. The molecule has 0 saturated carbocycles. The second-order valence-corrected chi connectivity index (χ2v) is 6.54. The zero-order valence-electron chi connectivity index (χ0n) is 10.1. The van der Waals surface area contributed by atoms with Crippen LogP contribution in [-0.4, -0.2) is 32.6 Å². The Labute approximate surface area is 96.6 Å². The van der Waals surface area contributed by atoms with Crippen molar-refractivity contribution in [1.29, 1.82) is 0 Å². The molecular formula is C9H20N2O4S. The lowest BCUT2D eigenvalue weighted by atomic mass is 9.87. The van der Waals surface area contributed by atoms with Crippen molar-refractivity contribution in [3.63, 3.8) is 0 Å². The fraction of sp³-hybridized carbons (Fsp3) is 0.889. The van der Waals surface area contributed by atoms with Crippen molar-refractivity contribution >= 4 is 16.2 Å². The molecule has 6 nitrogen and oxygen atoms in total. The Bertz CT molecular complexity index is 332. The third-order valence-electron chi connectivity index (χ3n) is 1.87. The Kier molecular flexibility index (Phi) is 5.37. The Hall–Kier alpha value is -0.660. The van der Waals surface area contributed by atoms with Gasteiger partial charge in [0.15, 0.2) is 0 Å². The van der Waals surface area contributed by atoms with Crippen LogP contribution < -0.4 is 9.44 Å². The first-order chi connectivity index (χ1) is 7.06. The number of nitrogens with one attached hydrogen (secondary N) is 2. The Morgan fingerprint density at radius 2 is 1.88 bits per heavy atom. The molecule has 0 fully saturated rings. The summed E-state index contributed by atoms with van der Waals surface area (Å²) in [5.41, 5.74) is -0.142. The van der Waals surface area contributed by atoms with Crippen LogP contribution in [0.15, 0.2) is 0 Å². The van der Waals surface area contributed by atoms with E-state index >= 15 is 0 Å². The van der Waals surface area contributed by atoms with E-state index in [9.17, 15) is 13.2 Å². The molecule has 0 aliphatic heterocycles. The quantitative estimate of drug-likeness (QED) is 0.634. The highest BCUT2D eigenvalue weighted by atomic mass is 32.2. The normalized spacial score (nSPS) is 14.8. The fourth-order valence-corrected chi connectivity index (χ4v) is 2.11. The summed E-state index contributed by atoms with van der Waals surface area (Å²) in [7, 11) is -2.32. The molecule has 0 rings (SSSR count). The van der Waals surface area contributed by atoms with Gasteiger partial charge in [0, 0.05) is 13.1 Å². The standard InChI is InChI=1S/C9H20N2O4S/c1-9(2,3)6-7(5-8(12)13)11-16(14,15)10-4/h7,10-11H,5-6H2,1-4H3,(H,12,13).